The summed E-state index contributed by atoms with van der Waals surface area (Å²) in [5, 5.41) is 14.9. The molecule has 0 unspecified atom stereocenters. The lowest BCUT2D eigenvalue weighted by Crippen LogP contribution is -2.28. The van der Waals surface area contributed by atoms with Gasteiger partial charge in [0.15, 0.2) is 0 Å². The van der Waals surface area contributed by atoms with E-state index >= 15 is 0 Å². The van der Waals surface area contributed by atoms with Gasteiger partial charge in [-0.3, -0.25) is 0 Å². The summed E-state index contributed by atoms with van der Waals surface area (Å²) in [6, 6.07) is 12.4. The van der Waals surface area contributed by atoms with E-state index in [0.29, 0.717) is 23.0 Å². The number of rotatable bonds is 6. The predicted molar refractivity (Wildman–Crippen MR) is 91.1 cm³/mol. The van der Waals surface area contributed by atoms with Crippen molar-refractivity contribution < 1.29 is 14.6 Å². The summed E-state index contributed by atoms with van der Waals surface area (Å²) in [4.78, 5) is 12.0. The van der Waals surface area contributed by atoms with E-state index in [0.717, 1.165) is 11.1 Å². The van der Waals surface area contributed by atoms with Gasteiger partial charge < -0.3 is 20.5 Å². The van der Waals surface area contributed by atoms with Crippen LogP contribution in [0.15, 0.2) is 42.5 Å². The number of urea groups is 1. The van der Waals surface area contributed by atoms with Crippen molar-refractivity contribution in [2.75, 3.05) is 18.5 Å². The summed E-state index contributed by atoms with van der Waals surface area (Å²) in [6.07, 6.45) is 0. The lowest BCUT2D eigenvalue weighted by molar-refractivity contribution is 0.200. The van der Waals surface area contributed by atoms with Gasteiger partial charge in [-0.15, -0.1) is 0 Å². The molecule has 0 aliphatic heterocycles. The summed E-state index contributed by atoms with van der Waals surface area (Å²) < 4.78 is 5.43. The minimum Gasteiger partial charge on any atom is -0.491 e. The van der Waals surface area contributed by atoms with Gasteiger partial charge in [-0.1, -0.05) is 35.9 Å². The van der Waals surface area contributed by atoms with Crippen molar-refractivity contribution in [3.05, 3.63) is 58.6 Å². The van der Waals surface area contributed by atoms with Crippen LogP contribution in [0.25, 0.3) is 0 Å². The summed E-state index contributed by atoms with van der Waals surface area (Å²) in [5.41, 5.74) is 2.41. The number of benzene rings is 2. The first-order valence-corrected chi connectivity index (χ1v) is 7.60. The molecule has 0 saturated heterocycles. The van der Waals surface area contributed by atoms with Crippen LogP contribution in [0.1, 0.15) is 11.1 Å². The Balaban J connectivity index is 1.92. The minimum atomic E-state index is -0.332. The average molecular weight is 335 g/mol. The number of amides is 2. The fourth-order valence-electron chi connectivity index (χ4n) is 1.97. The molecule has 23 heavy (non-hydrogen) atoms. The second kappa shape index (κ2) is 8.41. The molecule has 3 N–H and O–H groups in total. The number of aryl methyl sites for hydroxylation is 1. The maximum absolute atomic E-state index is 12.0. The Hall–Kier alpha value is -2.24. The van der Waals surface area contributed by atoms with Gasteiger partial charge in [0.2, 0.25) is 0 Å². The summed E-state index contributed by atoms with van der Waals surface area (Å²) >= 11 is 6.03. The molecule has 122 valence electrons. The first-order chi connectivity index (χ1) is 11.1. The highest BCUT2D eigenvalue weighted by Crippen LogP contribution is 2.20. The maximum atomic E-state index is 12.0. The lowest BCUT2D eigenvalue weighted by Gasteiger charge is -2.12. The molecular weight excluding hydrogens is 316 g/mol. The average Bonchev–Trinajstić information content (AvgIpc) is 2.55. The molecule has 0 aliphatic rings. The van der Waals surface area contributed by atoms with E-state index in [4.69, 9.17) is 21.4 Å². The Morgan fingerprint density at radius 3 is 2.78 bits per heavy atom. The van der Waals surface area contributed by atoms with Crippen LogP contribution in [0.3, 0.4) is 0 Å². The third-order valence-electron chi connectivity index (χ3n) is 3.19. The quantitative estimate of drug-likeness (QED) is 0.758. The number of halogens is 1. The molecule has 0 aliphatic carbocycles. The fourth-order valence-corrected chi connectivity index (χ4v) is 2.15. The minimum absolute atomic E-state index is 0.0591. The Kier molecular flexibility index (Phi) is 6.26. The molecule has 2 aromatic rings. The number of hydrogen-bond acceptors (Lipinski definition) is 3. The van der Waals surface area contributed by atoms with Crippen LogP contribution in [0.4, 0.5) is 10.5 Å². The molecule has 0 radical (unpaired) electrons. The Labute approximate surface area is 140 Å². The SMILES string of the molecule is Cc1ccc(NC(=O)NCc2ccccc2OCCO)cc1Cl. The Morgan fingerprint density at radius 1 is 1.26 bits per heavy atom. The van der Waals surface area contributed by atoms with Crippen molar-refractivity contribution in [2.24, 2.45) is 0 Å². The van der Waals surface area contributed by atoms with Gasteiger partial charge in [-0.2, -0.15) is 0 Å². The van der Waals surface area contributed by atoms with Gasteiger partial charge in [0.05, 0.1) is 6.61 Å². The molecule has 5 nitrogen and oxygen atoms in total. The number of ether oxygens (including phenoxy) is 1. The van der Waals surface area contributed by atoms with Crippen molar-refractivity contribution in [2.45, 2.75) is 13.5 Å². The third-order valence-corrected chi connectivity index (χ3v) is 3.60. The highest BCUT2D eigenvalue weighted by molar-refractivity contribution is 6.31. The monoisotopic (exact) mass is 334 g/mol. The van der Waals surface area contributed by atoms with E-state index in [1.807, 2.05) is 31.2 Å². The van der Waals surface area contributed by atoms with Gasteiger partial charge >= 0.3 is 6.03 Å². The van der Waals surface area contributed by atoms with Crippen molar-refractivity contribution >= 4 is 23.3 Å². The van der Waals surface area contributed by atoms with Gasteiger partial charge in [-0.25, -0.2) is 4.79 Å². The van der Waals surface area contributed by atoms with E-state index in [1.54, 1.807) is 18.2 Å². The van der Waals surface area contributed by atoms with E-state index in [-0.39, 0.29) is 19.2 Å². The molecule has 2 aromatic carbocycles. The number of nitrogens with one attached hydrogen (secondary N) is 2. The Bertz CT molecular complexity index is 677. The molecule has 0 fully saturated rings. The van der Waals surface area contributed by atoms with Crippen molar-refractivity contribution in [3.8, 4) is 5.75 Å². The number of anilines is 1. The number of carbonyl (C=O) groups excluding carboxylic acids is 1. The first kappa shape index (κ1) is 17.1. The zero-order valence-corrected chi connectivity index (χ0v) is 13.6. The molecule has 2 amide bonds. The summed E-state index contributed by atoms with van der Waals surface area (Å²) in [6.45, 7) is 2.37. The van der Waals surface area contributed by atoms with Gasteiger partial charge in [0.1, 0.15) is 12.4 Å². The van der Waals surface area contributed by atoms with Gasteiger partial charge in [0.25, 0.3) is 0 Å². The van der Waals surface area contributed by atoms with E-state index in [1.165, 1.54) is 0 Å². The van der Waals surface area contributed by atoms with Crippen LogP contribution in [0.5, 0.6) is 5.75 Å². The summed E-state index contributed by atoms with van der Waals surface area (Å²) in [7, 11) is 0. The van der Waals surface area contributed by atoms with Crippen molar-refractivity contribution in [3.63, 3.8) is 0 Å². The van der Waals surface area contributed by atoms with Crippen LogP contribution >= 0.6 is 11.6 Å². The largest absolute Gasteiger partial charge is 0.491 e. The van der Waals surface area contributed by atoms with Crippen LogP contribution in [0.2, 0.25) is 5.02 Å². The molecule has 0 saturated carbocycles. The predicted octanol–water partition coefficient (Wildman–Crippen LogP) is 3.34. The standard InChI is InChI=1S/C17H19ClN2O3/c1-12-6-7-14(10-15(12)18)20-17(22)19-11-13-4-2-3-5-16(13)23-9-8-21/h2-7,10,21H,8-9,11H2,1H3,(H2,19,20,22). The number of carbonyl (C=O) groups is 1. The maximum Gasteiger partial charge on any atom is 0.319 e. The van der Waals surface area contributed by atoms with Gasteiger partial charge in [0, 0.05) is 22.8 Å². The van der Waals surface area contributed by atoms with Crippen LogP contribution in [-0.2, 0) is 6.54 Å². The molecule has 0 spiro atoms. The lowest BCUT2D eigenvalue weighted by atomic mass is 10.2. The van der Waals surface area contributed by atoms with Gasteiger partial charge in [-0.05, 0) is 30.7 Å². The molecule has 0 aromatic heterocycles. The van der Waals surface area contributed by atoms with Crippen LogP contribution < -0.4 is 15.4 Å². The first-order valence-electron chi connectivity index (χ1n) is 7.22. The number of hydrogen-bond donors (Lipinski definition) is 3. The fraction of sp³-hybridized carbons (Fsp3) is 0.235. The number of aliphatic hydroxyl groups is 1. The van der Waals surface area contributed by atoms with Crippen molar-refractivity contribution in [1.82, 2.24) is 5.32 Å². The van der Waals surface area contributed by atoms with E-state index in [2.05, 4.69) is 10.6 Å². The number of para-hydroxylation sites is 1. The second-order valence-corrected chi connectivity index (χ2v) is 5.36. The third kappa shape index (κ3) is 5.16. The van der Waals surface area contributed by atoms with Crippen LogP contribution in [-0.4, -0.2) is 24.4 Å². The van der Waals surface area contributed by atoms with E-state index in [9.17, 15) is 4.79 Å². The molecular formula is C17H19ClN2O3. The smallest absolute Gasteiger partial charge is 0.319 e. The summed E-state index contributed by atoms with van der Waals surface area (Å²) in [5.74, 6) is 0.639. The van der Waals surface area contributed by atoms with E-state index < -0.39 is 0 Å². The molecule has 6 heteroatoms. The molecule has 0 heterocycles. The zero-order chi connectivity index (χ0) is 16.7. The normalized spacial score (nSPS) is 10.2. The molecule has 2 rings (SSSR count). The number of aliphatic hydroxyl groups excluding tert-OH is 1. The zero-order valence-electron chi connectivity index (χ0n) is 12.8. The highest BCUT2D eigenvalue weighted by atomic mass is 35.5. The van der Waals surface area contributed by atoms with Crippen LogP contribution in [0, 0.1) is 6.92 Å². The second-order valence-electron chi connectivity index (χ2n) is 4.95. The topological polar surface area (TPSA) is 70.6 Å². The van der Waals surface area contributed by atoms with Crippen molar-refractivity contribution in [1.29, 1.82) is 0 Å². The molecule has 0 atom stereocenters. The molecule has 0 bridgehead atoms. The highest BCUT2D eigenvalue weighted by Gasteiger charge is 2.06. The Morgan fingerprint density at radius 2 is 2.04 bits per heavy atom.